The van der Waals surface area contributed by atoms with Gasteiger partial charge in [0.15, 0.2) is 0 Å². The predicted octanol–water partition coefficient (Wildman–Crippen LogP) is 1.16. The predicted molar refractivity (Wildman–Crippen MR) is 77.3 cm³/mol. The summed E-state index contributed by atoms with van der Waals surface area (Å²) in [6, 6.07) is 7.76. The third kappa shape index (κ3) is 3.04. The minimum atomic E-state index is -0.170. The number of aliphatic hydroxyl groups excluding tert-OH is 1. The van der Waals surface area contributed by atoms with Gasteiger partial charge in [-0.2, -0.15) is 0 Å². The first-order valence-corrected chi connectivity index (χ1v) is 7.52. The smallest absolute Gasteiger partial charge is 0.233 e. The van der Waals surface area contributed by atoms with E-state index in [0.29, 0.717) is 26.3 Å². The van der Waals surface area contributed by atoms with Crippen LogP contribution in [0.1, 0.15) is 24.3 Å². The van der Waals surface area contributed by atoms with E-state index in [9.17, 15) is 4.79 Å². The fourth-order valence-corrected chi connectivity index (χ4v) is 3.05. The molecule has 1 atom stereocenters. The molecule has 1 unspecified atom stereocenters. The SMILES string of the molecule is O=C(C1COc2ccccc21)N1CCC(OCCO)CC1. The number of benzene rings is 1. The Kier molecular flexibility index (Phi) is 4.41. The number of nitrogens with zero attached hydrogens (tertiary/aromatic N) is 1. The van der Waals surface area contributed by atoms with E-state index < -0.39 is 0 Å². The Bertz CT molecular complexity index is 497. The Morgan fingerprint density at radius 3 is 2.86 bits per heavy atom. The fourth-order valence-electron chi connectivity index (χ4n) is 3.05. The number of amides is 1. The van der Waals surface area contributed by atoms with Crippen LogP contribution < -0.4 is 4.74 Å². The number of rotatable bonds is 4. The quantitative estimate of drug-likeness (QED) is 0.904. The number of likely N-dealkylation sites (tertiary alicyclic amines) is 1. The number of aliphatic hydroxyl groups is 1. The minimum Gasteiger partial charge on any atom is -0.492 e. The number of para-hydroxylation sites is 1. The molecule has 3 rings (SSSR count). The van der Waals surface area contributed by atoms with Gasteiger partial charge >= 0.3 is 0 Å². The molecule has 1 aromatic carbocycles. The van der Waals surface area contributed by atoms with Crippen LogP contribution in [0.15, 0.2) is 24.3 Å². The van der Waals surface area contributed by atoms with E-state index in [2.05, 4.69) is 0 Å². The summed E-state index contributed by atoms with van der Waals surface area (Å²) in [4.78, 5) is 14.6. The van der Waals surface area contributed by atoms with Crippen LogP contribution in [0.4, 0.5) is 0 Å². The highest BCUT2D eigenvalue weighted by atomic mass is 16.5. The highest BCUT2D eigenvalue weighted by molar-refractivity contribution is 5.85. The van der Waals surface area contributed by atoms with E-state index >= 15 is 0 Å². The zero-order valence-electron chi connectivity index (χ0n) is 12.0. The van der Waals surface area contributed by atoms with Gasteiger partial charge in [0.2, 0.25) is 5.91 Å². The minimum absolute atomic E-state index is 0.0509. The van der Waals surface area contributed by atoms with E-state index in [1.165, 1.54) is 0 Å². The fraction of sp³-hybridized carbons (Fsp3) is 0.562. The summed E-state index contributed by atoms with van der Waals surface area (Å²) in [5, 5.41) is 8.77. The summed E-state index contributed by atoms with van der Waals surface area (Å²) in [6.45, 7) is 2.30. The van der Waals surface area contributed by atoms with Crippen molar-refractivity contribution in [2.75, 3.05) is 32.9 Å². The van der Waals surface area contributed by atoms with E-state index in [1.54, 1.807) is 0 Å². The summed E-state index contributed by atoms with van der Waals surface area (Å²) in [5.41, 5.74) is 1.00. The zero-order valence-corrected chi connectivity index (χ0v) is 12.0. The topological polar surface area (TPSA) is 59.0 Å². The maximum Gasteiger partial charge on any atom is 0.233 e. The number of ether oxygens (including phenoxy) is 2. The molecule has 2 heterocycles. The molecule has 0 spiro atoms. The molecule has 5 heteroatoms. The Labute approximate surface area is 124 Å². The van der Waals surface area contributed by atoms with Crippen molar-refractivity contribution in [3.05, 3.63) is 29.8 Å². The molecule has 114 valence electrons. The Hall–Kier alpha value is -1.59. The van der Waals surface area contributed by atoms with Crippen molar-refractivity contribution >= 4 is 5.91 Å². The van der Waals surface area contributed by atoms with Gasteiger partial charge in [-0.3, -0.25) is 4.79 Å². The molecule has 0 saturated carbocycles. The lowest BCUT2D eigenvalue weighted by atomic mass is 9.98. The molecular formula is C16H21NO4. The molecule has 1 fully saturated rings. The van der Waals surface area contributed by atoms with E-state index in [1.807, 2.05) is 29.2 Å². The van der Waals surface area contributed by atoms with Crippen molar-refractivity contribution in [1.82, 2.24) is 4.90 Å². The summed E-state index contributed by atoms with van der Waals surface area (Å²) in [6.07, 6.45) is 1.83. The highest BCUT2D eigenvalue weighted by Crippen LogP contribution is 2.35. The largest absolute Gasteiger partial charge is 0.492 e. The number of fused-ring (bicyclic) bond motifs is 1. The zero-order chi connectivity index (χ0) is 14.7. The molecule has 2 aliphatic rings. The molecular weight excluding hydrogens is 270 g/mol. The van der Waals surface area contributed by atoms with Gasteiger partial charge in [-0.25, -0.2) is 0 Å². The van der Waals surface area contributed by atoms with Gasteiger partial charge in [-0.1, -0.05) is 18.2 Å². The third-order valence-corrected chi connectivity index (χ3v) is 4.20. The van der Waals surface area contributed by atoms with Gasteiger partial charge in [0, 0.05) is 18.7 Å². The number of piperidine rings is 1. The average molecular weight is 291 g/mol. The number of hydrogen-bond donors (Lipinski definition) is 1. The first kappa shape index (κ1) is 14.4. The summed E-state index contributed by atoms with van der Waals surface area (Å²) < 4.78 is 11.1. The van der Waals surface area contributed by atoms with Crippen LogP contribution in [0.5, 0.6) is 5.75 Å². The molecule has 1 N–H and O–H groups in total. The monoisotopic (exact) mass is 291 g/mol. The Balaban J connectivity index is 1.58. The molecule has 1 amide bonds. The van der Waals surface area contributed by atoms with Crippen LogP contribution in [-0.2, 0) is 9.53 Å². The number of hydrogen-bond acceptors (Lipinski definition) is 4. The van der Waals surface area contributed by atoms with Crippen LogP contribution >= 0.6 is 0 Å². The van der Waals surface area contributed by atoms with Gasteiger partial charge in [0.25, 0.3) is 0 Å². The van der Waals surface area contributed by atoms with Crippen molar-refractivity contribution < 1.29 is 19.4 Å². The van der Waals surface area contributed by atoms with Gasteiger partial charge in [0.05, 0.1) is 19.3 Å². The second-order valence-corrected chi connectivity index (χ2v) is 5.52. The Morgan fingerprint density at radius 2 is 2.10 bits per heavy atom. The van der Waals surface area contributed by atoms with Crippen molar-refractivity contribution in [2.45, 2.75) is 24.9 Å². The second-order valence-electron chi connectivity index (χ2n) is 5.52. The van der Waals surface area contributed by atoms with E-state index in [0.717, 1.165) is 24.2 Å². The summed E-state index contributed by atoms with van der Waals surface area (Å²) in [7, 11) is 0. The van der Waals surface area contributed by atoms with Gasteiger partial charge < -0.3 is 19.5 Å². The highest BCUT2D eigenvalue weighted by Gasteiger charge is 2.34. The molecule has 5 nitrogen and oxygen atoms in total. The molecule has 0 aliphatic carbocycles. The van der Waals surface area contributed by atoms with Crippen molar-refractivity contribution in [3.63, 3.8) is 0 Å². The first-order chi connectivity index (χ1) is 10.3. The summed E-state index contributed by atoms with van der Waals surface area (Å²) in [5.74, 6) is 0.814. The molecule has 1 aromatic rings. The maximum atomic E-state index is 12.6. The normalized spacial score (nSPS) is 22.0. The molecule has 1 saturated heterocycles. The second kappa shape index (κ2) is 6.45. The van der Waals surface area contributed by atoms with Gasteiger partial charge in [-0.05, 0) is 18.9 Å². The Morgan fingerprint density at radius 1 is 1.33 bits per heavy atom. The van der Waals surface area contributed by atoms with Gasteiger partial charge in [0.1, 0.15) is 18.3 Å². The van der Waals surface area contributed by atoms with Crippen LogP contribution in [0, 0.1) is 0 Å². The van der Waals surface area contributed by atoms with Crippen LogP contribution in [0.2, 0.25) is 0 Å². The maximum absolute atomic E-state index is 12.6. The summed E-state index contributed by atoms with van der Waals surface area (Å²) >= 11 is 0. The third-order valence-electron chi connectivity index (χ3n) is 4.20. The molecule has 0 aromatic heterocycles. The van der Waals surface area contributed by atoms with Crippen LogP contribution in [0.25, 0.3) is 0 Å². The lowest BCUT2D eigenvalue weighted by Gasteiger charge is -2.33. The number of carbonyl (C=O) groups is 1. The van der Waals surface area contributed by atoms with Crippen LogP contribution in [0.3, 0.4) is 0 Å². The standard InChI is InChI=1S/C16H21NO4/c18-9-10-20-12-5-7-17(8-6-12)16(19)14-11-21-15-4-2-1-3-13(14)15/h1-4,12,14,18H,5-11H2. The molecule has 21 heavy (non-hydrogen) atoms. The number of carbonyl (C=O) groups excluding carboxylic acids is 1. The van der Waals surface area contributed by atoms with Crippen molar-refractivity contribution in [2.24, 2.45) is 0 Å². The van der Waals surface area contributed by atoms with E-state index in [-0.39, 0.29) is 24.5 Å². The molecule has 0 radical (unpaired) electrons. The van der Waals surface area contributed by atoms with Crippen molar-refractivity contribution in [1.29, 1.82) is 0 Å². The van der Waals surface area contributed by atoms with Crippen LogP contribution in [-0.4, -0.2) is 54.9 Å². The van der Waals surface area contributed by atoms with E-state index in [4.69, 9.17) is 14.6 Å². The first-order valence-electron chi connectivity index (χ1n) is 7.52. The van der Waals surface area contributed by atoms with Gasteiger partial charge in [-0.15, -0.1) is 0 Å². The lowest BCUT2D eigenvalue weighted by molar-refractivity contribution is -0.135. The average Bonchev–Trinajstić information content (AvgIpc) is 2.97. The van der Waals surface area contributed by atoms with Crippen molar-refractivity contribution in [3.8, 4) is 5.75 Å². The molecule has 0 bridgehead atoms. The lowest BCUT2D eigenvalue weighted by Crippen LogP contribution is -2.43. The molecule has 2 aliphatic heterocycles.